The fraction of sp³-hybridized carbons (Fsp3) is 0.320. The summed E-state index contributed by atoms with van der Waals surface area (Å²) in [6, 6.07) is 21.8. The average Bonchev–Trinajstić information content (AvgIpc) is 2.73. The molecule has 30 heavy (non-hydrogen) atoms. The number of fused-ring (bicyclic) bond motifs is 1. The number of benzene rings is 3. The van der Waals surface area contributed by atoms with Crippen molar-refractivity contribution in [1.82, 2.24) is 4.90 Å². The minimum atomic E-state index is -0.168. The molecule has 0 radical (unpaired) electrons. The van der Waals surface area contributed by atoms with E-state index in [1.165, 1.54) is 0 Å². The number of anilines is 1. The molecule has 1 amide bonds. The highest BCUT2D eigenvalue weighted by atomic mass is 16.5. The van der Waals surface area contributed by atoms with E-state index in [9.17, 15) is 4.79 Å². The first-order chi connectivity index (χ1) is 14.6. The third-order valence-electron chi connectivity index (χ3n) is 5.29. The van der Waals surface area contributed by atoms with Gasteiger partial charge in [-0.3, -0.25) is 9.69 Å². The second kappa shape index (κ2) is 9.28. The van der Waals surface area contributed by atoms with E-state index < -0.39 is 0 Å². The molecule has 1 heterocycles. The Morgan fingerprint density at radius 1 is 1.00 bits per heavy atom. The Balaban J connectivity index is 1.40. The molecule has 5 heteroatoms. The van der Waals surface area contributed by atoms with Crippen LogP contribution in [0.2, 0.25) is 0 Å². The van der Waals surface area contributed by atoms with Gasteiger partial charge in [0.15, 0.2) is 6.61 Å². The molecule has 1 saturated heterocycles. The van der Waals surface area contributed by atoms with Crippen molar-refractivity contribution in [3.8, 4) is 5.75 Å². The van der Waals surface area contributed by atoms with Gasteiger partial charge in [0, 0.05) is 30.7 Å². The van der Waals surface area contributed by atoms with Crippen LogP contribution in [0.1, 0.15) is 19.4 Å². The highest BCUT2D eigenvalue weighted by molar-refractivity contribution is 5.93. The molecule has 4 rings (SSSR count). The number of hydrogen-bond donors (Lipinski definition) is 1. The molecule has 3 aromatic carbocycles. The van der Waals surface area contributed by atoms with E-state index in [1.807, 2.05) is 60.7 Å². The third kappa shape index (κ3) is 4.99. The standard InChI is InChI=1S/C25H28N2O3/c1-18-14-27(15-19(2)30-18)16-21-9-4-6-12-23(21)26-25(28)17-29-24-13-7-10-20-8-3-5-11-22(20)24/h3-13,18-19H,14-17H2,1-2H3,(H,26,28). The Morgan fingerprint density at radius 2 is 1.70 bits per heavy atom. The highest BCUT2D eigenvalue weighted by Crippen LogP contribution is 2.25. The van der Waals surface area contributed by atoms with Gasteiger partial charge < -0.3 is 14.8 Å². The molecule has 1 fully saturated rings. The SMILES string of the molecule is CC1CN(Cc2ccccc2NC(=O)COc2cccc3ccccc23)CC(C)O1. The van der Waals surface area contributed by atoms with Crippen LogP contribution in [0.4, 0.5) is 5.69 Å². The number of carbonyl (C=O) groups excluding carboxylic acids is 1. The number of hydrogen-bond acceptors (Lipinski definition) is 4. The average molecular weight is 405 g/mol. The summed E-state index contributed by atoms with van der Waals surface area (Å²) in [5.74, 6) is 0.548. The van der Waals surface area contributed by atoms with E-state index in [-0.39, 0.29) is 24.7 Å². The van der Waals surface area contributed by atoms with Crippen molar-refractivity contribution in [2.24, 2.45) is 0 Å². The molecule has 3 aromatic rings. The largest absolute Gasteiger partial charge is 0.483 e. The van der Waals surface area contributed by atoms with Crippen molar-refractivity contribution in [3.05, 3.63) is 72.3 Å². The van der Waals surface area contributed by atoms with Crippen molar-refractivity contribution < 1.29 is 14.3 Å². The lowest BCUT2D eigenvalue weighted by Gasteiger charge is -2.35. The predicted molar refractivity (Wildman–Crippen MR) is 120 cm³/mol. The van der Waals surface area contributed by atoms with Crippen LogP contribution in [-0.4, -0.2) is 42.7 Å². The van der Waals surface area contributed by atoms with Crippen LogP contribution >= 0.6 is 0 Å². The minimum Gasteiger partial charge on any atom is -0.483 e. The fourth-order valence-electron chi connectivity index (χ4n) is 4.09. The molecule has 156 valence electrons. The lowest BCUT2D eigenvalue weighted by Crippen LogP contribution is -2.44. The molecular formula is C25H28N2O3. The molecule has 2 atom stereocenters. The van der Waals surface area contributed by atoms with Crippen LogP contribution in [-0.2, 0) is 16.1 Å². The molecule has 1 aliphatic rings. The topological polar surface area (TPSA) is 50.8 Å². The van der Waals surface area contributed by atoms with Crippen LogP contribution in [0.3, 0.4) is 0 Å². The van der Waals surface area contributed by atoms with Gasteiger partial charge >= 0.3 is 0 Å². The number of morpholine rings is 1. The molecule has 0 saturated carbocycles. The van der Waals surface area contributed by atoms with Crippen molar-refractivity contribution in [3.63, 3.8) is 0 Å². The van der Waals surface area contributed by atoms with Gasteiger partial charge in [-0.2, -0.15) is 0 Å². The lowest BCUT2D eigenvalue weighted by molar-refractivity contribution is -0.118. The smallest absolute Gasteiger partial charge is 0.262 e. The highest BCUT2D eigenvalue weighted by Gasteiger charge is 2.22. The van der Waals surface area contributed by atoms with E-state index in [4.69, 9.17) is 9.47 Å². The molecular weight excluding hydrogens is 376 g/mol. The van der Waals surface area contributed by atoms with Gasteiger partial charge in [0.05, 0.1) is 12.2 Å². The van der Waals surface area contributed by atoms with E-state index in [2.05, 4.69) is 30.1 Å². The van der Waals surface area contributed by atoms with Crippen molar-refractivity contribution in [1.29, 1.82) is 0 Å². The van der Waals surface area contributed by atoms with Crippen LogP contribution < -0.4 is 10.1 Å². The molecule has 2 unspecified atom stereocenters. The second-order valence-electron chi connectivity index (χ2n) is 7.92. The van der Waals surface area contributed by atoms with Crippen LogP contribution in [0.5, 0.6) is 5.75 Å². The molecule has 0 aliphatic carbocycles. The summed E-state index contributed by atoms with van der Waals surface area (Å²) in [6.45, 7) is 6.71. The zero-order valence-corrected chi connectivity index (χ0v) is 17.5. The van der Waals surface area contributed by atoms with Gasteiger partial charge in [-0.1, -0.05) is 54.6 Å². The van der Waals surface area contributed by atoms with Crippen molar-refractivity contribution in [2.45, 2.75) is 32.6 Å². The Morgan fingerprint density at radius 3 is 2.53 bits per heavy atom. The van der Waals surface area contributed by atoms with E-state index >= 15 is 0 Å². The van der Waals surface area contributed by atoms with E-state index in [0.717, 1.165) is 41.7 Å². The third-order valence-corrected chi connectivity index (χ3v) is 5.29. The van der Waals surface area contributed by atoms with Gasteiger partial charge in [-0.15, -0.1) is 0 Å². The van der Waals surface area contributed by atoms with Crippen LogP contribution in [0, 0.1) is 0 Å². The first-order valence-electron chi connectivity index (χ1n) is 10.4. The molecule has 1 aliphatic heterocycles. The Kier molecular flexibility index (Phi) is 6.31. The Labute approximate surface area is 177 Å². The first kappa shape index (κ1) is 20.4. The minimum absolute atomic E-state index is 0.0338. The zero-order chi connectivity index (χ0) is 20.9. The quantitative estimate of drug-likeness (QED) is 0.659. The molecule has 0 aromatic heterocycles. The maximum atomic E-state index is 12.6. The maximum absolute atomic E-state index is 12.6. The van der Waals surface area contributed by atoms with Crippen LogP contribution in [0.15, 0.2) is 66.7 Å². The van der Waals surface area contributed by atoms with E-state index in [1.54, 1.807) is 0 Å². The number of amides is 1. The zero-order valence-electron chi connectivity index (χ0n) is 17.5. The summed E-state index contributed by atoms with van der Waals surface area (Å²) in [7, 11) is 0. The lowest BCUT2D eigenvalue weighted by atomic mass is 10.1. The Bertz CT molecular complexity index is 1000. The molecule has 0 bridgehead atoms. The summed E-state index contributed by atoms with van der Waals surface area (Å²) in [4.78, 5) is 15.0. The molecule has 5 nitrogen and oxygen atoms in total. The van der Waals surface area contributed by atoms with E-state index in [0.29, 0.717) is 5.75 Å². The molecule has 0 spiro atoms. The number of para-hydroxylation sites is 1. The number of carbonyl (C=O) groups is 1. The second-order valence-corrected chi connectivity index (χ2v) is 7.92. The molecule has 1 N–H and O–H groups in total. The normalized spacial score (nSPS) is 19.5. The first-order valence-corrected chi connectivity index (χ1v) is 10.4. The van der Waals surface area contributed by atoms with Gasteiger partial charge in [0.2, 0.25) is 0 Å². The van der Waals surface area contributed by atoms with Gasteiger partial charge in [0.1, 0.15) is 5.75 Å². The monoisotopic (exact) mass is 404 g/mol. The van der Waals surface area contributed by atoms with Gasteiger partial charge in [-0.25, -0.2) is 0 Å². The van der Waals surface area contributed by atoms with Gasteiger partial charge in [0.25, 0.3) is 5.91 Å². The summed E-state index contributed by atoms with van der Waals surface area (Å²) in [5, 5.41) is 5.11. The Hall–Kier alpha value is -2.89. The predicted octanol–water partition coefficient (Wildman–Crippen LogP) is 4.47. The summed E-state index contributed by atoms with van der Waals surface area (Å²) in [5.41, 5.74) is 1.92. The maximum Gasteiger partial charge on any atom is 0.262 e. The summed E-state index contributed by atoms with van der Waals surface area (Å²) in [6.07, 6.45) is 0.425. The number of nitrogens with zero attached hydrogens (tertiary/aromatic N) is 1. The number of nitrogens with one attached hydrogen (secondary N) is 1. The number of rotatable bonds is 6. The fourth-order valence-corrected chi connectivity index (χ4v) is 4.09. The summed E-state index contributed by atoms with van der Waals surface area (Å²) < 4.78 is 11.7. The summed E-state index contributed by atoms with van der Waals surface area (Å²) >= 11 is 0. The van der Waals surface area contributed by atoms with Crippen LogP contribution in [0.25, 0.3) is 10.8 Å². The van der Waals surface area contributed by atoms with Gasteiger partial charge in [-0.05, 0) is 36.9 Å². The van der Waals surface area contributed by atoms with Crippen molar-refractivity contribution >= 4 is 22.4 Å². The van der Waals surface area contributed by atoms with Crippen molar-refractivity contribution in [2.75, 3.05) is 25.0 Å². The number of ether oxygens (including phenoxy) is 2.